The van der Waals surface area contributed by atoms with E-state index in [4.69, 9.17) is 5.73 Å². The van der Waals surface area contributed by atoms with Crippen LogP contribution in [0.2, 0.25) is 0 Å². The van der Waals surface area contributed by atoms with Crippen LogP contribution in [0.1, 0.15) is 49.3 Å². The molecule has 0 saturated carbocycles. The quantitative estimate of drug-likeness (QED) is 0.878. The monoisotopic (exact) mass is 294 g/mol. The standard InChI is InChI=1S/C17H27FN2O/c1-13-6-7-14(11-16(13)18)17(19)8-10-20-9-4-2-3-5-15(20)12-21/h6-7,11,15,17,21H,2-5,8-10,12,19H2,1H3. The molecular weight excluding hydrogens is 267 g/mol. The molecule has 1 aromatic rings. The van der Waals surface area contributed by atoms with Gasteiger partial charge in [0, 0.05) is 18.6 Å². The minimum atomic E-state index is -0.189. The SMILES string of the molecule is Cc1ccc(C(N)CCN2CCCCCC2CO)cc1F. The van der Waals surface area contributed by atoms with Crippen LogP contribution >= 0.6 is 0 Å². The van der Waals surface area contributed by atoms with Crippen molar-refractivity contribution in [3.63, 3.8) is 0 Å². The highest BCUT2D eigenvalue weighted by atomic mass is 19.1. The third kappa shape index (κ3) is 4.50. The number of halogens is 1. The molecule has 1 heterocycles. The summed E-state index contributed by atoms with van der Waals surface area (Å²) in [6.45, 7) is 3.87. The van der Waals surface area contributed by atoms with Crippen LogP contribution in [-0.4, -0.2) is 35.7 Å². The van der Waals surface area contributed by atoms with Gasteiger partial charge in [0.25, 0.3) is 0 Å². The summed E-state index contributed by atoms with van der Waals surface area (Å²) in [6.07, 6.45) is 5.47. The van der Waals surface area contributed by atoms with Gasteiger partial charge in [0.15, 0.2) is 0 Å². The summed E-state index contributed by atoms with van der Waals surface area (Å²) in [5.41, 5.74) is 7.71. The molecule has 2 unspecified atom stereocenters. The van der Waals surface area contributed by atoms with Crippen LogP contribution in [0.15, 0.2) is 18.2 Å². The van der Waals surface area contributed by atoms with Gasteiger partial charge in [0.2, 0.25) is 0 Å². The number of nitrogens with zero attached hydrogens (tertiary/aromatic N) is 1. The number of aliphatic hydroxyl groups is 1. The zero-order valence-corrected chi connectivity index (χ0v) is 12.9. The molecule has 0 radical (unpaired) electrons. The minimum absolute atomic E-state index is 0.150. The third-order valence-electron chi connectivity index (χ3n) is 4.56. The lowest BCUT2D eigenvalue weighted by Gasteiger charge is -2.29. The first kappa shape index (κ1) is 16.4. The zero-order chi connectivity index (χ0) is 15.2. The number of hydrogen-bond donors (Lipinski definition) is 2. The summed E-state index contributed by atoms with van der Waals surface area (Å²) in [7, 11) is 0. The summed E-state index contributed by atoms with van der Waals surface area (Å²) in [6, 6.07) is 5.35. The summed E-state index contributed by atoms with van der Waals surface area (Å²) >= 11 is 0. The highest BCUT2D eigenvalue weighted by Gasteiger charge is 2.20. The molecular formula is C17H27FN2O. The van der Waals surface area contributed by atoms with Gasteiger partial charge in [-0.25, -0.2) is 4.39 Å². The Kier molecular flexibility index (Phi) is 6.15. The highest BCUT2D eigenvalue weighted by molar-refractivity contribution is 5.25. The third-order valence-corrected chi connectivity index (χ3v) is 4.56. The Labute approximate surface area is 126 Å². The molecule has 2 atom stereocenters. The van der Waals surface area contributed by atoms with E-state index in [1.165, 1.54) is 19.3 Å². The first-order valence-corrected chi connectivity index (χ1v) is 7.98. The fraction of sp³-hybridized carbons (Fsp3) is 0.647. The van der Waals surface area contributed by atoms with Crippen molar-refractivity contribution in [1.29, 1.82) is 0 Å². The van der Waals surface area contributed by atoms with E-state index in [9.17, 15) is 9.50 Å². The van der Waals surface area contributed by atoms with Gasteiger partial charge in [-0.2, -0.15) is 0 Å². The molecule has 0 amide bonds. The number of hydrogen-bond acceptors (Lipinski definition) is 3. The number of rotatable bonds is 5. The van der Waals surface area contributed by atoms with E-state index < -0.39 is 0 Å². The van der Waals surface area contributed by atoms with Crippen LogP contribution in [0, 0.1) is 12.7 Å². The Morgan fingerprint density at radius 1 is 1.38 bits per heavy atom. The van der Waals surface area contributed by atoms with Gasteiger partial charge in [0.05, 0.1) is 6.61 Å². The molecule has 3 N–H and O–H groups in total. The molecule has 2 rings (SSSR count). The number of aryl methyl sites for hydroxylation is 1. The first-order valence-electron chi connectivity index (χ1n) is 7.98. The van der Waals surface area contributed by atoms with E-state index in [-0.39, 0.29) is 24.5 Å². The van der Waals surface area contributed by atoms with Gasteiger partial charge in [-0.15, -0.1) is 0 Å². The van der Waals surface area contributed by atoms with Crippen molar-refractivity contribution in [2.75, 3.05) is 19.7 Å². The molecule has 3 nitrogen and oxygen atoms in total. The molecule has 1 saturated heterocycles. The molecule has 1 aromatic carbocycles. The molecule has 1 fully saturated rings. The second-order valence-corrected chi connectivity index (χ2v) is 6.13. The van der Waals surface area contributed by atoms with Crippen LogP contribution in [0.5, 0.6) is 0 Å². The summed E-state index contributed by atoms with van der Waals surface area (Å²) in [5, 5.41) is 9.51. The molecule has 4 heteroatoms. The maximum atomic E-state index is 13.6. The van der Waals surface area contributed by atoms with E-state index in [2.05, 4.69) is 4.90 Å². The van der Waals surface area contributed by atoms with E-state index in [0.717, 1.165) is 31.5 Å². The molecule has 0 bridgehead atoms. The number of benzene rings is 1. The van der Waals surface area contributed by atoms with Gasteiger partial charge < -0.3 is 10.8 Å². The molecule has 21 heavy (non-hydrogen) atoms. The average Bonchev–Trinajstić information content (AvgIpc) is 2.72. The molecule has 0 aliphatic carbocycles. The molecule has 1 aliphatic rings. The minimum Gasteiger partial charge on any atom is -0.395 e. The first-order chi connectivity index (χ1) is 10.1. The highest BCUT2D eigenvalue weighted by Crippen LogP contribution is 2.21. The summed E-state index contributed by atoms with van der Waals surface area (Å²) in [4.78, 5) is 2.34. The van der Waals surface area contributed by atoms with Crippen molar-refractivity contribution in [3.05, 3.63) is 35.1 Å². The summed E-state index contributed by atoms with van der Waals surface area (Å²) in [5.74, 6) is -0.189. The van der Waals surface area contributed by atoms with Crippen LogP contribution in [0.25, 0.3) is 0 Å². The van der Waals surface area contributed by atoms with Gasteiger partial charge in [-0.05, 0) is 49.9 Å². The zero-order valence-electron chi connectivity index (χ0n) is 12.9. The van der Waals surface area contributed by atoms with Crippen molar-refractivity contribution in [2.24, 2.45) is 5.73 Å². The van der Waals surface area contributed by atoms with Crippen molar-refractivity contribution in [2.45, 2.75) is 51.1 Å². The van der Waals surface area contributed by atoms with Gasteiger partial charge >= 0.3 is 0 Å². The van der Waals surface area contributed by atoms with Crippen LogP contribution in [-0.2, 0) is 0 Å². The lowest BCUT2D eigenvalue weighted by Crippen LogP contribution is -2.39. The predicted molar refractivity (Wildman–Crippen MR) is 83.6 cm³/mol. The topological polar surface area (TPSA) is 49.5 Å². The molecule has 1 aliphatic heterocycles. The maximum absolute atomic E-state index is 13.6. The van der Waals surface area contributed by atoms with Gasteiger partial charge in [-0.3, -0.25) is 4.90 Å². The van der Waals surface area contributed by atoms with E-state index in [0.29, 0.717) is 5.56 Å². The lowest BCUT2D eigenvalue weighted by molar-refractivity contribution is 0.121. The Balaban J connectivity index is 1.92. The van der Waals surface area contributed by atoms with Crippen LogP contribution < -0.4 is 5.73 Å². The molecule has 0 aromatic heterocycles. The lowest BCUT2D eigenvalue weighted by atomic mass is 10.0. The predicted octanol–water partition coefficient (Wildman–Crippen LogP) is 2.76. The fourth-order valence-electron chi connectivity index (χ4n) is 3.05. The fourth-order valence-corrected chi connectivity index (χ4v) is 3.05. The normalized spacial score (nSPS) is 22.0. The largest absolute Gasteiger partial charge is 0.395 e. The Bertz CT molecular complexity index is 452. The smallest absolute Gasteiger partial charge is 0.126 e. The Morgan fingerprint density at radius 2 is 2.19 bits per heavy atom. The second kappa shape index (κ2) is 7.87. The Hall–Kier alpha value is -0.970. The van der Waals surface area contributed by atoms with Crippen molar-refractivity contribution in [1.82, 2.24) is 4.90 Å². The summed E-state index contributed by atoms with van der Waals surface area (Å²) < 4.78 is 13.6. The van der Waals surface area contributed by atoms with Crippen LogP contribution in [0.3, 0.4) is 0 Å². The molecule has 118 valence electrons. The van der Waals surface area contributed by atoms with E-state index >= 15 is 0 Å². The van der Waals surface area contributed by atoms with Crippen molar-refractivity contribution in [3.8, 4) is 0 Å². The molecule has 0 spiro atoms. The van der Waals surface area contributed by atoms with Crippen molar-refractivity contribution < 1.29 is 9.50 Å². The Morgan fingerprint density at radius 3 is 2.90 bits per heavy atom. The van der Waals surface area contributed by atoms with Gasteiger partial charge in [0.1, 0.15) is 5.82 Å². The van der Waals surface area contributed by atoms with E-state index in [1.54, 1.807) is 19.1 Å². The maximum Gasteiger partial charge on any atom is 0.126 e. The van der Waals surface area contributed by atoms with Gasteiger partial charge in [-0.1, -0.05) is 25.0 Å². The number of nitrogens with two attached hydrogens (primary N) is 1. The average molecular weight is 294 g/mol. The van der Waals surface area contributed by atoms with E-state index in [1.807, 2.05) is 6.07 Å². The van der Waals surface area contributed by atoms with Crippen LogP contribution in [0.4, 0.5) is 4.39 Å². The second-order valence-electron chi connectivity index (χ2n) is 6.13. The number of likely N-dealkylation sites (tertiary alicyclic amines) is 1. The van der Waals surface area contributed by atoms with Crippen molar-refractivity contribution >= 4 is 0 Å². The number of aliphatic hydroxyl groups excluding tert-OH is 1.